The van der Waals surface area contributed by atoms with E-state index in [2.05, 4.69) is 84.1 Å². The molecular weight excluding hydrogens is 416 g/mol. The second-order valence-corrected chi connectivity index (χ2v) is 9.32. The summed E-state index contributed by atoms with van der Waals surface area (Å²) in [5.41, 5.74) is 14.5. The minimum Gasteiger partial charge on any atom is -0.383 e. The highest BCUT2D eigenvalue weighted by Gasteiger charge is 2.35. The number of fused-ring (bicyclic) bond motifs is 5. The maximum atomic E-state index is 6.55. The van der Waals surface area contributed by atoms with Gasteiger partial charge in [0, 0.05) is 34.4 Å². The number of hydrogen-bond donors (Lipinski definition) is 1. The van der Waals surface area contributed by atoms with E-state index in [4.69, 9.17) is 10.7 Å². The molecule has 0 atom stereocenters. The minimum atomic E-state index is -0.135. The molecular formula is C30H26N4. The van der Waals surface area contributed by atoms with Crippen molar-refractivity contribution in [1.29, 1.82) is 0 Å². The van der Waals surface area contributed by atoms with Crippen molar-refractivity contribution in [2.24, 2.45) is 15.7 Å². The molecule has 0 aliphatic carbocycles. The van der Waals surface area contributed by atoms with E-state index in [1.807, 2.05) is 30.3 Å². The zero-order chi connectivity index (χ0) is 23.4. The fourth-order valence-corrected chi connectivity index (χ4v) is 5.33. The van der Waals surface area contributed by atoms with Crippen LogP contribution >= 0.6 is 0 Å². The number of amidine groups is 2. The average molecular weight is 443 g/mol. The molecule has 4 aromatic carbocycles. The Balaban J connectivity index is 1.59. The van der Waals surface area contributed by atoms with Gasteiger partial charge < -0.3 is 10.3 Å². The van der Waals surface area contributed by atoms with E-state index < -0.39 is 0 Å². The van der Waals surface area contributed by atoms with Crippen molar-refractivity contribution in [2.45, 2.75) is 19.3 Å². The number of aromatic nitrogens is 1. The summed E-state index contributed by atoms with van der Waals surface area (Å²) in [4.78, 5) is 9.07. The van der Waals surface area contributed by atoms with E-state index in [1.165, 1.54) is 32.9 Å². The molecule has 34 heavy (non-hydrogen) atoms. The van der Waals surface area contributed by atoms with Crippen molar-refractivity contribution in [2.75, 3.05) is 7.05 Å². The van der Waals surface area contributed by atoms with Crippen molar-refractivity contribution in [3.8, 4) is 5.69 Å². The highest BCUT2D eigenvalue weighted by Crippen LogP contribution is 2.47. The lowest BCUT2D eigenvalue weighted by molar-refractivity contribution is 0.630. The molecule has 0 saturated carbocycles. The van der Waals surface area contributed by atoms with Gasteiger partial charge in [-0.05, 0) is 23.3 Å². The van der Waals surface area contributed by atoms with Gasteiger partial charge in [-0.15, -0.1) is 0 Å². The SMILES string of the molecule is CN=C(N=C(N)c1ccc2c(c1)-n1c3ccccc3c3cccc(c31)C2(C)C)c1ccccc1. The third-order valence-corrected chi connectivity index (χ3v) is 7.05. The third kappa shape index (κ3) is 2.85. The summed E-state index contributed by atoms with van der Waals surface area (Å²) in [7, 11) is 1.74. The van der Waals surface area contributed by atoms with Gasteiger partial charge >= 0.3 is 0 Å². The van der Waals surface area contributed by atoms with Crippen molar-refractivity contribution < 1.29 is 0 Å². The normalized spacial score (nSPS) is 15.0. The van der Waals surface area contributed by atoms with Crippen molar-refractivity contribution in [1.82, 2.24) is 4.57 Å². The largest absolute Gasteiger partial charge is 0.383 e. The van der Waals surface area contributed by atoms with E-state index in [9.17, 15) is 0 Å². The Morgan fingerprint density at radius 1 is 0.765 bits per heavy atom. The van der Waals surface area contributed by atoms with E-state index in [1.54, 1.807) is 7.05 Å². The van der Waals surface area contributed by atoms with E-state index in [0.29, 0.717) is 11.7 Å². The molecule has 0 bridgehead atoms. The molecule has 6 rings (SSSR count). The Labute approximate surface area is 199 Å². The van der Waals surface area contributed by atoms with Gasteiger partial charge in [0.25, 0.3) is 0 Å². The molecule has 1 aromatic heterocycles. The van der Waals surface area contributed by atoms with Crippen LogP contribution in [-0.2, 0) is 5.41 Å². The maximum Gasteiger partial charge on any atom is 0.156 e. The number of nitrogens with zero attached hydrogens (tertiary/aromatic N) is 3. The summed E-state index contributed by atoms with van der Waals surface area (Å²) < 4.78 is 2.39. The van der Waals surface area contributed by atoms with Crippen LogP contribution in [0.2, 0.25) is 0 Å². The van der Waals surface area contributed by atoms with E-state index in [0.717, 1.165) is 16.8 Å². The number of hydrogen-bond acceptors (Lipinski definition) is 1. The predicted molar refractivity (Wildman–Crippen MR) is 143 cm³/mol. The van der Waals surface area contributed by atoms with Gasteiger partial charge in [-0.1, -0.05) is 92.7 Å². The van der Waals surface area contributed by atoms with Gasteiger partial charge in [0.1, 0.15) is 5.84 Å². The Morgan fingerprint density at radius 3 is 2.29 bits per heavy atom. The lowest BCUT2D eigenvalue weighted by Crippen LogP contribution is -2.27. The first-order valence-corrected chi connectivity index (χ1v) is 11.5. The number of para-hydroxylation sites is 2. The molecule has 5 aromatic rings. The minimum absolute atomic E-state index is 0.135. The molecule has 0 saturated heterocycles. The van der Waals surface area contributed by atoms with E-state index >= 15 is 0 Å². The van der Waals surface area contributed by atoms with Gasteiger partial charge in [-0.3, -0.25) is 4.99 Å². The maximum absolute atomic E-state index is 6.55. The van der Waals surface area contributed by atoms with Crippen LogP contribution in [0.3, 0.4) is 0 Å². The van der Waals surface area contributed by atoms with Crippen molar-refractivity contribution in [3.63, 3.8) is 0 Å². The van der Waals surface area contributed by atoms with Gasteiger partial charge in [0.15, 0.2) is 5.84 Å². The van der Waals surface area contributed by atoms with Crippen LogP contribution in [0.25, 0.3) is 27.5 Å². The molecule has 0 spiro atoms. The molecule has 4 nitrogen and oxygen atoms in total. The highest BCUT2D eigenvalue weighted by atomic mass is 15.0. The Bertz CT molecular complexity index is 1640. The van der Waals surface area contributed by atoms with Crippen LogP contribution in [0.1, 0.15) is 36.1 Å². The zero-order valence-electron chi connectivity index (χ0n) is 19.6. The van der Waals surface area contributed by atoms with Gasteiger partial charge in [0.05, 0.1) is 16.7 Å². The van der Waals surface area contributed by atoms with Crippen molar-refractivity contribution in [3.05, 3.63) is 113 Å². The fraction of sp³-hybridized carbons (Fsp3) is 0.133. The first-order chi connectivity index (χ1) is 16.5. The van der Waals surface area contributed by atoms with Gasteiger partial charge in [-0.2, -0.15) is 0 Å². The summed E-state index contributed by atoms with van der Waals surface area (Å²) in [6, 6.07) is 31.7. The lowest BCUT2D eigenvalue weighted by Gasteiger charge is -2.35. The van der Waals surface area contributed by atoms with Crippen LogP contribution in [0, 0.1) is 0 Å². The molecule has 0 unspecified atom stereocenters. The van der Waals surface area contributed by atoms with Crippen molar-refractivity contribution >= 4 is 33.5 Å². The molecule has 0 amide bonds. The van der Waals surface area contributed by atoms with Crippen LogP contribution in [0.4, 0.5) is 0 Å². The first-order valence-electron chi connectivity index (χ1n) is 11.5. The van der Waals surface area contributed by atoms with Gasteiger partial charge in [0.2, 0.25) is 0 Å². The molecule has 166 valence electrons. The summed E-state index contributed by atoms with van der Waals surface area (Å²) in [5.74, 6) is 1.08. The van der Waals surface area contributed by atoms with E-state index in [-0.39, 0.29) is 5.41 Å². The standard InChI is InChI=1S/C30H26N4/c1-30(2)23-17-16-20(28(31)33-29(32-3)19-10-5-4-6-11-19)18-26(23)34-25-15-8-7-12-21(25)22-13-9-14-24(30)27(22)34/h4-18H,1-3H3,(H2,31,32,33). The zero-order valence-corrected chi connectivity index (χ0v) is 19.6. The monoisotopic (exact) mass is 442 g/mol. The predicted octanol–water partition coefficient (Wildman–Crippen LogP) is 6.20. The van der Waals surface area contributed by atoms with Crippen LogP contribution in [0.15, 0.2) is 101 Å². The molecule has 2 heterocycles. The molecule has 2 N–H and O–H groups in total. The molecule has 0 fully saturated rings. The Kier molecular flexibility index (Phi) is 4.46. The van der Waals surface area contributed by atoms with Gasteiger partial charge in [-0.25, -0.2) is 4.99 Å². The third-order valence-electron chi connectivity index (χ3n) is 7.05. The Hall–Kier alpha value is -4.18. The smallest absolute Gasteiger partial charge is 0.156 e. The fourth-order valence-electron chi connectivity index (χ4n) is 5.33. The van der Waals surface area contributed by atoms with Crippen LogP contribution in [-0.4, -0.2) is 23.3 Å². The quantitative estimate of drug-likeness (QED) is 0.257. The highest BCUT2D eigenvalue weighted by molar-refractivity contribution is 6.13. The van der Waals surface area contributed by atoms with Crippen LogP contribution < -0.4 is 5.73 Å². The first kappa shape index (κ1) is 20.4. The molecule has 1 aliphatic rings. The molecule has 4 heteroatoms. The van der Waals surface area contributed by atoms with Crippen LogP contribution in [0.5, 0.6) is 0 Å². The number of aliphatic imine (C=N–C) groups is 2. The summed E-state index contributed by atoms with van der Waals surface area (Å²) >= 11 is 0. The number of benzene rings is 4. The number of nitrogens with two attached hydrogens (primary N) is 1. The Morgan fingerprint density at radius 2 is 1.50 bits per heavy atom. The second-order valence-electron chi connectivity index (χ2n) is 9.32. The topological polar surface area (TPSA) is 55.7 Å². The summed E-state index contributed by atoms with van der Waals surface area (Å²) in [5, 5.41) is 2.54. The summed E-state index contributed by atoms with van der Waals surface area (Å²) in [6.45, 7) is 4.60. The summed E-state index contributed by atoms with van der Waals surface area (Å²) in [6.07, 6.45) is 0. The molecule has 0 radical (unpaired) electrons. The molecule has 1 aliphatic heterocycles. The average Bonchev–Trinajstić information content (AvgIpc) is 3.21. The lowest BCUT2D eigenvalue weighted by atomic mass is 9.74. The second kappa shape index (κ2) is 7.42. The number of rotatable bonds is 2.